The summed E-state index contributed by atoms with van der Waals surface area (Å²) in [5.74, 6) is -0.312. The maximum Gasteiger partial charge on any atom is 0.127 e. The highest BCUT2D eigenvalue weighted by Crippen LogP contribution is 2.33. The van der Waals surface area contributed by atoms with Crippen LogP contribution in [0.3, 0.4) is 0 Å². The van der Waals surface area contributed by atoms with Gasteiger partial charge in [0.2, 0.25) is 0 Å². The van der Waals surface area contributed by atoms with E-state index in [1.54, 1.807) is 12.1 Å². The molecule has 0 heterocycles. The molecule has 0 bridgehead atoms. The Kier molecular flexibility index (Phi) is 4.14. The van der Waals surface area contributed by atoms with Crippen LogP contribution in [0.25, 0.3) is 10.8 Å². The van der Waals surface area contributed by atoms with Gasteiger partial charge in [-0.15, -0.1) is 11.6 Å². The van der Waals surface area contributed by atoms with Gasteiger partial charge >= 0.3 is 0 Å². The molecule has 0 fully saturated rings. The molecule has 0 aliphatic carbocycles. The van der Waals surface area contributed by atoms with Crippen LogP contribution in [0, 0.1) is 5.82 Å². The van der Waals surface area contributed by atoms with Crippen LogP contribution in [0.4, 0.5) is 4.39 Å². The van der Waals surface area contributed by atoms with Crippen LogP contribution in [0.1, 0.15) is 16.5 Å². The Morgan fingerprint density at radius 2 is 1.62 bits per heavy atom. The molecule has 0 nitrogen and oxygen atoms in total. The van der Waals surface area contributed by atoms with Crippen LogP contribution in [-0.2, 0) is 6.42 Å². The van der Waals surface area contributed by atoms with Crippen LogP contribution in [-0.4, -0.2) is 0 Å². The van der Waals surface area contributed by atoms with E-state index in [9.17, 15) is 4.39 Å². The molecular weight excluding hydrogens is 306 g/mol. The summed E-state index contributed by atoms with van der Waals surface area (Å²) in [6.45, 7) is 0. The Hall–Kier alpha value is -1.57. The Morgan fingerprint density at radius 3 is 2.43 bits per heavy atom. The first-order chi connectivity index (χ1) is 10.2. The number of benzene rings is 3. The highest BCUT2D eigenvalue weighted by molar-refractivity contribution is 6.31. The van der Waals surface area contributed by atoms with Crippen molar-refractivity contribution in [1.29, 1.82) is 0 Å². The average molecular weight is 319 g/mol. The lowest BCUT2D eigenvalue weighted by Crippen LogP contribution is -2.00. The quantitative estimate of drug-likeness (QED) is 0.508. The summed E-state index contributed by atoms with van der Waals surface area (Å²) >= 11 is 12.6. The fourth-order valence-corrected chi connectivity index (χ4v) is 3.12. The summed E-state index contributed by atoms with van der Waals surface area (Å²) in [5, 5.41) is 2.30. The van der Waals surface area contributed by atoms with Gasteiger partial charge in [0.1, 0.15) is 5.82 Å². The Labute approximate surface area is 133 Å². The minimum atomic E-state index is -0.328. The molecule has 21 heavy (non-hydrogen) atoms. The molecule has 3 rings (SSSR count). The largest absolute Gasteiger partial charge is 0.207 e. The van der Waals surface area contributed by atoms with Crippen molar-refractivity contribution in [3.63, 3.8) is 0 Å². The third kappa shape index (κ3) is 2.90. The molecule has 1 unspecified atom stereocenters. The zero-order valence-corrected chi connectivity index (χ0v) is 12.7. The standard InChI is InChI=1S/C18H13Cl2F/c19-16-9-4-10-18(21)15(16)11-17(20)14-8-3-6-12-5-1-2-7-13(12)14/h1-10,17H,11H2. The summed E-state index contributed by atoms with van der Waals surface area (Å²) in [6, 6.07) is 18.7. The van der Waals surface area contributed by atoms with Gasteiger partial charge in [0.25, 0.3) is 0 Å². The Bertz CT molecular complexity index is 758. The fourth-order valence-electron chi connectivity index (χ4n) is 2.54. The summed E-state index contributed by atoms with van der Waals surface area (Å²) in [6.07, 6.45) is 0.362. The Morgan fingerprint density at radius 1 is 0.905 bits per heavy atom. The summed E-state index contributed by atoms with van der Waals surface area (Å²) in [7, 11) is 0. The second-order valence-corrected chi connectivity index (χ2v) is 5.87. The third-order valence-corrected chi connectivity index (χ3v) is 4.35. The van der Waals surface area contributed by atoms with Gasteiger partial charge in [-0.05, 0) is 34.9 Å². The zero-order chi connectivity index (χ0) is 14.8. The maximum atomic E-state index is 13.9. The number of fused-ring (bicyclic) bond motifs is 1. The molecule has 0 saturated heterocycles. The lowest BCUT2D eigenvalue weighted by atomic mass is 9.98. The monoisotopic (exact) mass is 318 g/mol. The molecule has 0 radical (unpaired) electrons. The molecule has 0 aromatic heterocycles. The molecular formula is C18H13Cl2F. The van der Waals surface area contributed by atoms with Crippen molar-refractivity contribution in [3.8, 4) is 0 Å². The van der Waals surface area contributed by atoms with Gasteiger partial charge in [-0.25, -0.2) is 4.39 Å². The molecule has 0 aliphatic rings. The van der Waals surface area contributed by atoms with E-state index < -0.39 is 0 Å². The number of hydrogen-bond donors (Lipinski definition) is 0. The molecule has 1 atom stereocenters. The van der Waals surface area contributed by atoms with Crippen LogP contribution in [0.2, 0.25) is 5.02 Å². The highest BCUT2D eigenvalue weighted by atomic mass is 35.5. The number of rotatable bonds is 3. The molecule has 0 amide bonds. The summed E-state index contributed by atoms with van der Waals surface area (Å²) in [4.78, 5) is 0. The smallest absolute Gasteiger partial charge is 0.127 e. The van der Waals surface area contributed by atoms with Crippen molar-refractivity contribution in [2.24, 2.45) is 0 Å². The van der Waals surface area contributed by atoms with Crippen LogP contribution in [0.15, 0.2) is 60.7 Å². The molecule has 3 heteroatoms. The van der Waals surface area contributed by atoms with Crippen LogP contribution < -0.4 is 0 Å². The first-order valence-corrected chi connectivity index (χ1v) is 7.53. The SMILES string of the molecule is Fc1cccc(Cl)c1CC(Cl)c1cccc2ccccc12. The minimum absolute atomic E-state index is 0.312. The predicted molar refractivity (Wildman–Crippen MR) is 87.7 cm³/mol. The van der Waals surface area contributed by atoms with E-state index in [-0.39, 0.29) is 11.2 Å². The van der Waals surface area contributed by atoms with Gasteiger partial charge in [-0.3, -0.25) is 0 Å². The Balaban J connectivity index is 2.00. The van der Waals surface area contributed by atoms with E-state index in [0.717, 1.165) is 16.3 Å². The lowest BCUT2D eigenvalue weighted by molar-refractivity contribution is 0.607. The predicted octanol–water partition coefficient (Wildman–Crippen LogP) is 6.15. The number of hydrogen-bond acceptors (Lipinski definition) is 0. The molecule has 3 aromatic carbocycles. The molecule has 0 spiro atoms. The number of alkyl halides is 1. The van der Waals surface area contributed by atoms with E-state index >= 15 is 0 Å². The van der Waals surface area contributed by atoms with Gasteiger partial charge in [-0.2, -0.15) is 0 Å². The first-order valence-electron chi connectivity index (χ1n) is 6.71. The molecule has 106 valence electrons. The van der Waals surface area contributed by atoms with Gasteiger partial charge < -0.3 is 0 Å². The van der Waals surface area contributed by atoms with Gasteiger partial charge in [0, 0.05) is 10.6 Å². The van der Waals surface area contributed by atoms with Gasteiger partial charge in [0.05, 0.1) is 5.38 Å². The normalized spacial score (nSPS) is 12.5. The first kappa shape index (κ1) is 14.4. The van der Waals surface area contributed by atoms with E-state index in [0.29, 0.717) is 17.0 Å². The van der Waals surface area contributed by atoms with Crippen molar-refractivity contribution < 1.29 is 4.39 Å². The topological polar surface area (TPSA) is 0 Å². The van der Waals surface area contributed by atoms with Crippen molar-refractivity contribution in [2.45, 2.75) is 11.8 Å². The molecule has 0 aliphatic heterocycles. The summed E-state index contributed by atoms with van der Waals surface area (Å²) < 4.78 is 13.9. The fraction of sp³-hybridized carbons (Fsp3) is 0.111. The van der Waals surface area contributed by atoms with Crippen LogP contribution >= 0.6 is 23.2 Å². The van der Waals surface area contributed by atoms with Crippen LogP contribution in [0.5, 0.6) is 0 Å². The zero-order valence-electron chi connectivity index (χ0n) is 11.2. The van der Waals surface area contributed by atoms with E-state index in [1.807, 2.05) is 42.5 Å². The molecule has 0 N–H and O–H groups in total. The van der Waals surface area contributed by atoms with Crippen molar-refractivity contribution in [3.05, 3.63) is 82.6 Å². The second kappa shape index (κ2) is 6.05. The third-order valence-electron chi connectivity index (χ3n) is 3.61. The van der Waals surface area contributed by atoms with Crippen molar-refractivity contribution in [2.75, 3.05) is 0 Å². The van der Waals surface area contributed by atoms with E-state index in [4.69, 9.17) is 23.2 Å². The molecule has 3 aromatic rings. The second-order valence-electron chi connectivity index (χ2n) is 4.94. The summed E-state index contributed by atoms with van der Waals surface area (Å²) in [5.41, 5.74) is 1.46. The van der Waals surface area contributed by atoms with Crippen molar-refractivity contribution >= 4 is 34.0 Å². The average Bonchev–Trinajstić information content (AvgIpc) is 2.50. The number of halogens is 3. The molecule has 0 saturated carbocycles. The van der Waals surface area contributed by atoms with Gasteiger partial charge in [-0.1, -0.05) is 60.1 Å². The van der Waals surface area contributed by atoms with E-state index in [1.165, 1.54) is 6.07 Å². The maximum absolute atomic E-state index is 13.9. The lowest BCUT2D eigenvalue weighted by Gasteiger charge is -2.14. The highest BCUT2D eigenvalue weighted by Gasteiger charge is 2.16. The van der Waals surface area contributed by atoms with Gasteiger partial charge in [0.15, 0.2) is 0 Å². The van der Waals surface area contributed by atoms with E-state index in [2.05, 4.69) is 0 Å². The minimum Gasteiger partial charge on any atom is -0.207 e. The van der Waals surface area contributed by atoms with Crippen molar-refractivity contribution in [1.82, 2.24) is 0 Å².